The van der Waals surface area contributed by atoms with E-state index in [9.17, 15) is 12.9 Å². The second-order valence-corrected chi connectivity index (χ2v) is 2.72. The first-order chi connectivity index (χ1) is 5.54. The van der Waals surface area contributed by atoms with E-state index in [4.69, 9.17) is 11.6 Å². The summed E-state index contributed by atoms with van der Waals surface area (Å²) in [4.78, 5) is 0. The predicted molar refractivity (Wildman–Crippen MR) is 44.7 cm³/mol. The molecule has 0 nitrogen and oxygen atoms in total. The van der Waals surface area contributed by atoms with Crippen LogP contribution in [-0.2, 0) is 5.88 Å². The number of rotatable bonds is 2. The second-order valence-electron chi connectivity index (χ2n) is 2.45. The first-order valence-corrected chi connectivity index (χ1v) is 3.92. The van der Waals surface area contributed by atoms with Crippen LogP contribution in [-0.4, -0.2) is 6.98 Å². The molecule has 6 heteroatoms. The van der Waals surface area contributed by atoms with Crippen molar-refractivity contribution in [3.63, 3.8) is 0 Å². The Morgan fingerprint density at radius 3 is 1.85 bits per heavy atom. The summed E-state index contributed by atoms with van der Waals surface area (Å²) in [5.74, 6) is 0.241. The van der Waals surface area contributed by atoms with Crippen molar-refractivity contribution in [1.29, 1.82) is 0 Å². The molecule has 0 aromatic heterocycles. The van der Waals surface area contributed by atoms with Crippen LogP contribution in [0, 0.1) is 0 Å². The van der Waals surface area contributed by atoms with Gasteiger partial charge >= 0.3 is 58.4 Å². The first kappa shape index (κ1) is 14.0. The Hall–Kier alpha value is 1.00. The average Bonchev–Trinajstić information content (AvgIpc) is 2.03. The van der Waals surface area contributed by atoms with Crippen LogP contribution in [0.15, 0.2) is 24.3 Å². The van der Waals surface area contributed by atoms with E-state index in [-0.39, 0.29) is 57.3 Å². The number of benzene rings is 1. The summed E-state index contributed by atoms with van der Waals surface area (Å²) in [5.41, 5.74) is 0.115. The van der Waals surface area contributed by atoms with E-state index < -0.39 is 12.4 Å². The van der Waals surface area contributed by atoms with Gasteiger partial charge in [0.05, 0.1) is 0 Å². The quantitative estimate of drug-likeness (QED) is 0.476. The Kier molecular flexibility index (Phi) is 6.22. The fraction of sp³-hybridized carbons (Fsp3) is 0.143. The maximum atomic E-state index is 12.1. The molecule has 0 amide bonds. The topological polar surface area (TPSA) is 0 Å². The third-order valence-electron chi connectivity index (χ3n) is 1.51. The van der Waals surface area contributed by atoms with Gasteiger partial charge in [-0.15, -0.1) is 17.1 Å². The summed E-state index contributed by atoms with van der Waals surface area (Å²) in [6.07, 6.45) is 0. The van der Waals surface area contributed by atoms with E-state index in [1.165, 1.54) is 12.1 Å². The standard InChI is InChI=1S/C7H6BClF3.K/c9-5-6-1-3-7(4-2-6)8(10,11)12;/h1-4H,5H2;/q-1;+1. The van der Waals surface area contributed by atoms with Crippen molar-refractivity contribution in [2.24, 2.45) is 0 Å². The molecule has 66 valence electrons. The minimum absolute atomic E-state index is 0. The molecule has 0 saturated carbocycles. The Morgan fingerprint density at radius 2 is 1.54 bits per heavy atom. The molecule has 0 bridgehead atoms. The Morgan fingerprint density at radius 1 is 1.08 bits per heavy atom. The van der Waals surface area contributed by atoms with E-state index in [1.54, 1.807) is 0 Å². The van der Waals surface area contributed by atoms with E-state index in [1.807, 2.05) is 0 Å². The molecule has 0 saturated heterocycles. The zero-order valence-electron chi connectivity index (χ0n) is 7.11. The molecule has 0 fully saturated rings. The number of halogens is 4. The van der Waals surface area contributed by atoms with Crippen LogP contribution in [0.5, 0.6) is 0 Å². The first-order valence-electron chi connectivity index (χ1n) is 3.39. The van der Waals surface area contributed by atoms with E-state index in [2.05, 4.69) is 0 Å². The van der Waals surface area contributed by atoms with Gasteiger partial charge in [-0.1, -0.05) is 24.3 Å². The van der Waals surface area contributed by atoms with Crippen LogP contribution in [0.1, 0.15) is 5.56 Å². The third kappa shape index (κ3) is 4.36. The van der Waals surface area contributed by atoms with E-state index >= 15 is 0 Å². The molecular formula is C7H6BClF3K. The Labute approximate surface area is 122 Å². The summed E-state index contributed by atoms with van der Waals surface area (Å²) in [6, 6.07) is 4.88. The largest absolute Gasteiger partial charge is 1.00 e. The molecule has 13 heavy (non-hydrogen) atoms. The molecule has 0 spiro atoms. The van der Waals surface area contributed by atoms with Crippen molar-refractivity contribution in [1.82, 2.24) is 0 Å². The van der Waals surface area contributed by atoms with Gasteiger partial charge in [-0.05, 0) is 5.56 Å². The number of hydrogen-bond donors (Lipinski definition) is 0. The van der Waals surface area contributed by atoms with Crippen molar-refractivity contribution in [2.75, 3.05) is 0 Å². The Bertz CT molecular complexity index is 259. The van der Waals surface area contributed by atoms with Crippen LogP contribution in [0.4, 0.5) is 12.9 Å². The normalized spacial score (nSPS) is 10.8. The SMILES string of the molecule is F[B-](F)(F)c1ccc(CCl)cc1.[K+]. The molecule has 0 aliphatic carbocycles. The van der Waals surface area contributed by atoms with Gasteiger partial charge in [0.1, 0.15) is 0 Å². The Balaban J connectivity index is 0.00000144. The molecule has 1 aromatic rings. The van der Waals surface area contributed by atoms with Crippen LogP contribution in [0.25, 0.3) is 0 Å². The van der Waals surface area contributed by atoms with Crippen LogP contribution >= 0.6 is 11.6 Å². The molecule has 0 radical (unpaired) electrons. The molecule has 0 aliphatic heterocycles. The van der Waals surface area contributed by atoms with Crippen LogP contribution in [0.3, 0.4) is 0 Å². The van der Waals surface area contributed by atoms with Gasteiger partial charge in [0, 0.05) is 5.88 Å². The predicted octanol–water partition coefficient (Wildman–Crippen LogP) is -0.516. The molecule has 0 unspecified atom stereocenters. The van der Waals surface area contributed by atoms with Crippen molar-refractivity contribution >= 4 is 24.0 Å². The minimum Gasteiger partial charge on any atom is -0.445 e. The van der Waals surface area contributed by atoms with Gasteiger partial charge in [0.15, 0.2) is 0 Å². The van der Waals surface area contributed by atoms with Gasteiger partial charge in [-0.3, -0.25) is 0 Å². The fourth-order valence-electron chi connectivity index (χ4n) is 0.825. The van der Waals surface area contributed by atoms with Crippen molar-refractivity contribution < 1.29 is 64.3 Å². The summed E-state index contributed by atoms with van der Waals surface area (Å²) in [6.45, 7) is -4.87. The van der Waals surface area contributed by atoms with Crippen LogP contribution < -0.4 is 56.8 Å². The second kappa shape index (κ2) is 5.78. The van der Waals surface area contributed by atoms with Gasteiger partial charge in [-0.25, -0.2) is 0 Å². The summed E-state index contributed by atoms with van der Waals surface area (Å²) in [5, 5.41) is 0. The molecule has 0 heterocycles. The summed E-state index contributed by atoms with van der Waals surface area (Å²) >= 11 is 5.42. The molecule has 1 aromatic carbocycles. The maximum Gasteiger partial charge on any atom is 1.00 e. The third-order valence-corrected chi connectivity index (χ3v) is 1.82. The zero-order chi connectivity index (χ0) is 9.19. The maximum absolute atomic E-state index is 12.1. The van der Waals surface area contributed by atoms with Gasteiger partial charge < -0.3 is 12.9 Å². The van der Waals surface area contributed by atoms with E-state index in [0.717, 1.165) is 12.1 Å². The van der Waals surface area contributed by atoms with Crippen molar-refractivity contribution in [2.45, 2.75) is 5.88 Å². The number of alkyl halides is 1. The molecule has 1 rings (SSSR count). The fourth-order valence-corrected chi connectivity index (χ4v) is 1.00. The van der Waals surface area contributed by atoms with Gasteiger partial charge in [0.25, 0.3) is 0 Å². The molecule has 0 aliphatic rings. The van der Waals surface area contributed by atoms with Gasteiger partial charge in [0.2, 0.25) is 0 Å². The molecular weight excluding hydrogens is 226 g/mol. The van der Waals surface area contributed by atoms with E-state index in [0.29, 0.717) is 5.56 Å². The molecule has 0 atom stereocenters. The smallest absolute Gasteiger partial charge is 0.445 e. The molecule has 0 N–H and O–H groups in total. The van der Waals surface area contributed by atoms with Crippen LogP contribution in [0.2, 0.25) is 0 Å². The van der Waals surface area contributed by atoms with Gasteiger partial charge in [-0.2, -0.15) is 0 Å². The monoisotopic (exact) mass is 232 g/mol. The number of hydrogen-bond acceptors (Lipinski definition) is 0. The summed E-state index contributed by atoms with van der Waals surface area (Å²) < 4.78 is 36.2. The van der Waals surface area contributed by atoms with Crippen molar-refractivity contribution in [3.05, 3.63) is 29.8 Å². The average molecular weight is 232 g/mol. The minimum atomic E-state index is -4.87. The van der Waals surface area contributed by atoms with Crippen molar-refractivity contribution in [3.8, 4) is 0 Å². The zero-order valence-corrected chi connectivity index (χ0v) is 11.0. The summed E-state index contributed by atoms with van der Waals surface area (Å²) in [7, 11) is 0.